The molecule has 0 N–H and O–H groups in total. The predicted molar refractivity (Wildman–Crippen MR) is 47.1 cm³/mol. The molecule has 1 aliphatic rings. The Morgan fingerprint density at radius 1 is 1.33 bits per heavy atom. The number of allylic oxidation sites excluding steroid dienone is 4. The summed E-state index contributed by atoms with van der Waals surface area (Å²) < 4.78 is 0. The third kappa shape index (κ3) is 2.27. The van der Waals surface area contributed by atoms with Crippen LogP contribution in [0.5, 0.6) is 0 Å². The first-order chi connectivity index (χ1) is 3.80. The summed E-state index contributed by atoms with van der Waals surface area (Å²) in [7, 11) is 0. The van der Waals surface area contributed by atoms with Crippen molar-refractivity contribution in [2.75, 3.05) is 0 Å². The highest BCUT2D eigenvalue weighted by molar-refractivity contribution is 7.59. The summed E-state index contributed by atoms with van der Waals surface area (Å²) in [6.07, 6.45) is 6.95. The first-order valence-corrected chi connectivity index (χ1v) is 3.13. The van der Waals surface area contributed by atoms with Gasteiger partial charge in [0.15, 0.2) is 0 Å². The van der Waals surface area contributed by atoms with Gasteiger partial charge >= 0.3 is 0 Å². The Morgan fingerprint density at radius 2 is 2.00 bits per heavy atom. The van der Waals surface area contributed by atoms with E-state index in [0.29, 0.717) is 0 Å². The fourth-order valence-electron chi connectivity index (χ4n) is 0.899. The molecule has 0 nitrogen and oxygen atoms in total. The lowest BCUT2D eigenvalue weighted by molar-refractivity contribution is 0.939. The van der Waals surface area contributed by atoms with Crippen LogP contribution in [0, 0.1) is 0 Å². The molecule has 0 bridgehead atoms. The lowest BCUT2D eigenvalue weighted by Gasteiger charge is -2.06. The van der Waals surface area contributed by atoms with Crippen molar-refractivity contribution < 1.29 is 0 Å². The summed E-state index contributed by atoms with van der Waals surface area (Å²) in [4.78, 5) is 0. The van der Waals surface area contributed by atoms with Gasteiger partial charge in [-0.05, 0) is 26.7 Å². The monoisotopic (exact) mass is 142 g/mol. The molecule has 0 atom stereocenters. The van der Waals surface area contributed by atoms with Crippen molar-refractivity contribution >= 4 is 13.5 Å². The molecule has 0 radical (unpaired) electrons. The summed E-state index contributed by atoms with van der Waals surface area (Å²) in [5.74, 6) is 0. The van der Waals surface area contributed by atoms with Gasteiger partial charge in [-0.15, -0.1) is 0 Å². The van der Waals surface area contributed by atoms with Gasteiger partial charge in [0.2, 0.25) is 0 Å². The summed E-state index contributed by atoms with van der Waals surface area (Å²) in [5.41, 5.74) is 3.00. The molecule has 0 heterocycles. The minimum Gasteiger partial charge on any atom is -0.197 e. The second-order valence-electron chi connectivity index (χ2n) is 2.40. The van der Waals surface area contributed by atoms with E-state index < -0.39 is 0 Å². The third-order valence-electron chi connectivity index (χ3n) is 1.73. The fraction of sp³-hybridized carbons (Fsp3) is 0.500. The van der Waals surface area contributed by atoms with Crippen LogP contribution in [0.1, 0.15) is 26.7 Å². The summed E-state index contributed by atoms with van der Waals surface area (Å²) in [6.45, 7) is 4.38. The molecule has 0 aliphatic heterocycles. The van der Waals surface area contributed by atoms with Gasteiger partial charge in [-0.3, -0.25) is 0 Å². The molecule has 0 saturated heterocycles. The fourth-order valence-corrected chi connectivity index (χ4v) is 0.899. The minimum atomic E-state index is 0. The second-order valence-corrected chi connectivity index (χ2v) is 2.40. The Balaban J connectivity index is 0.000000640. The van der Waals surface area contributed by atoms with Gasteiger partial charge in [0.25, 0.3) is 0 Å². The average molecular weight is 142 g/mol. The van der Waals surface area contributed by atoms with E-state index in [1.165, 1.54) is 18.4 Å². The van der Waals surface area contributed by atoms with E-state index in [9.17, 15) is 0 Å². The zero-order valence-corrected chi connectivity index (χ0v) is 7.07. The van der Waals surface area contributed by atoms with Crippen LogP contribution in [-0.2, 0) is 0 Å². The highest BCUT2D eigenvalue weighted by atomic mass is 32.1. The van der Waals surface area contributed by atoms with E-state index in [0.717, 1.165) is 0 Å². The van der Waals surface area contributed by atoms with Crippen molar-refractivity contribution in [3.8, 4) is 0 Å². The maximum atomic E-state index is 2.24. The molecule has 0 unspecified atom stereocenters. The van der Waals surface area contributed by atoms with Crippen LogP contribution in [0.25, 0.3) is 0 Å². The van der Waals surface area contributed by atoms with Gasteiger partial charge < -0.3 is 0 Å². The van der Waals surface area contributed by atoms with Crippen LogP contribution in [0.2, 0.25) is 0 Å². The normalized spacial score (nSPS) is 17.6. The van der Waals surface area contributed by atoms with Gasteiger partial charge in [0, 0.05) is 0 Å². The Bertz CT molecular complexity index is 143. The topological polar surface area (TPSA) is 0 Å². The van der Waals surface area contributed by atoms with Crippen LogP contribution in [0.3, 0.4) is 0 Å². The molecule has 0 amide bonds. The molecule has 0 fully saturated rings. The highest BCUT2D eigenvalue weighted by Crippen LogP contribution is 2.16. The molecule has 0 aromatic heterocycles. The lowest BCUT2D eigenvalue weighted by Crippen LogP contribution is -1.85. The second kappa shape index (κ2) is 3.78. The van der Waals surface area contributed by atoms with E-state index in [1.807, 2.05) is 0 Å². The van der Waals surface area contributed by atoms with Crippen molar-refractivity contribution in [1.29, 1.82) is 0 Å². The summed E-state index contributed by atoms with van der Waals surface area (Å²) in [5, 5.41) is 0. The van der Waals surface area contributed by atoms with Gasteiger partial charge in [0.05, 0.1) is 0 Å². The number of hydrogen-bond donors (Lipinski definition) is 0. The van der Waals surface area contributed by atoms with Gasteiger partial charge in [0.1, 0.15) is 0 Å². The minimum absolute atomic E-state index is 0. The molecule has 0 aromatic carbocycles. The van der Waals surface area contributed by atoms with Crippen LogP contribution in [0.15, 0.2) is 23.3 Å². The maximum absolute atomic E-state index is 2.24. The van der Waals surface area contributed by atoms with Crippen molar-refractivity contribution in [3.63, 3.8) is 0 Å². The Kier molecular flexibility index (Phi) is 3.71. The third-order valence-corrected chi connectivity index (χ3v) is 1.73. The van der Waals surface area contributed by atoms with E-state index in [1.54, 1.807) is 5.57 Å². The SMILES string of the molecule is CC1=C(C)CCC=C1.S. The molecule has 1 aliphatic carbocycles. The zero-order chi connectivity index (χ0) is 5.98. The lowest BCUT2D eigenvalue weighted by atomic mass is 10.0. The van der Waals surface area contributed by atoms with E-state index in [-0.39, 0.29) is 13.5 Å². The Morgan fingerprint density at radius 3 is 2.33 bits per heavy atom. The Labute approximate surface area is 64.1 Å². The van der Waals surface area contributed by atoms with Gasteiger partial charge in [-0.25, -0.2) is 0 Å². The molecule has 1 rings (SSSR count). The predicted octanol–water partition coefficient (Wildman–Crippen LogP) is 2.79. The number of hydrogen-bond acceptors (Lipinski definition) is 0. The van der Waals surface area contributed by atoms with Gasteiger partial charge in [-0.1, -0.05) is 23.3 Å². The molecular weight excluding hydrogens is 128 g/mol. The standard InChI is InChI=1S/C8H12.H2S/c1-7-5-3-4-6-8(7)2;/h3,5H,4,6H2,1-2H3;1H2. The Hall–Kier alpha value is -0.170. The first-order valence-electron chi connectivity index (χ1n) is 3.13. The molecule has 0 spiro atoms. The van der Waals surface area contributed by atoms with Crippen LogP contribution < -0.4 is 0 Å². The van der Waals surface area contributed by atoms with Crippen LogP contribution in [-0.4, -0.2) is 0 Å². The molecule has 0 aromatic rings. The van der Waals surface area contributed by atoms with Crippen LogP contribution >= 0.6 is 13.5 Å². The van der Waals surface area contributed by atoms with E-state index in [4.69, 9.17) is 0 Å². The summed E-state index contributed by atoms with van der Waals surface area (Å²) in [6, 6.07) is 0. The molecule has 1 heteroatoms. The maximum Gasteiger partial charge on any atom is -0.0282 e. The molecule has 9 heavy (non-hydrogen) atoms. The van der Waals surface area contributed by atoms with E-state index >= 15 is 0 Å². The average Bonchev–Trinajstić information content (AvgIpc) is 1.77. The summed E-state index contributed by atoms with van der Waals surface area (Å²) >= 11 is 0. The zero-order valence-electron chi connectivity index (χ0n) is 6.07. The first kappa shape index (κ1) is 8.83. The van der Waals surface area contributed by atoms with Crippen molar-refractivity contribution in [3.05, 3.63) is 23.3 Å². The number of rotatable bonds is 0. The highest BCUT2D eigenvalue weighted by Gasteiger charge is 1.96. The van der Waals surface area contributed by atoms with Crippen molar-refractivity contribution in [2.45, 2.75) is 26.7 Å². The largest absolute Gasteiger partial charge is 0.197 e. The van der Waals surface area contributed by atoms with Crippen molar-refractivity contribution in [1.82, 2.24) is 0 Å². The van der Waals surface area contributed by atoms with E-state index in [2.05, 4.69) is 26.0 Å². The van der Waals surface area contributed by atoms with Crippen molar-refractivity contribution in [2.24, 2.45) is 0 Å². The molecular formula is C8H14S. The molecule has 52 valence electrons. The van der Waals surface area contributed by atoms with Gasteiger partial charge in [-0.2, -0.15) is 13.5 Å². The van der Waals surface area contributed by atoms with Crippen LogP contribution in [0.4, 0.5) is 0 Å². The smallest absolute Gasteiger partial charge is 0.0282 e. The quantitative estimate of drug-likeness (QED) is 0.488. The molecule has 0 saturated carbocycles.